The molecule has 1 heterocycles. The van der Waals surface area contributed by atoms with Crippen molar-refractivity contribution < 1.29 is 9.59 Å². The molecule has 3 nitrogen and oxygen atoms in total. The van der Waals surface area contributed by atoms with E-state index < -0.39 is 5.91 Å². The van der Waals surface area contributed by atoms with E-state index in [4.69, 9.17) is 11.6 Å². The second-order valence-corrected chi connectivity index (χ2v) is 5.40. The van der Waals surface area contributed by atoms with Crippen LogP contribution in [0.1, 0.15) is 18.4 Å². The molecule has 1 aromatic rings. The first-order chi connectivity index (χ1) is 9.66. The number of hydrogen-bond donors (Lipinski definition) is 0. The van der Waals surface area contributed by atoms with Gasteiger partial charge in [-0.2, -0.15) is 0 Å². The lowest BCUT2D eigenvalue weighted by Gasteiger charge is -2.20. The topological polar surface area (TPSA) is 37.4 Å². The van der Waals surface area contributed by atoms with Gasteiger partial charge in [-0.1, -0.05) is 35.9 Å². The van der Waals surface area contributed by atoms with Gasteiger partial charge in [0.25, 0.3) is 11.7 Å². The summed E-state index contributed by atoms with van der Waals surface area (Å²) < 4.78 is 0. The Labute approximate surface area is 122 Å². The van der Waals surface area contributed by atoms with Gasteiger partial charge in [0.15, 0.2) is 0 Å². The predicted octanol–water partition coefficient (Wildman–Crippen LogP) is 2.90. The second kappa shape index (κ2) is 5.25. The van der Waals surface area contributed by atoms with Gasteiger partial charge in [-0.25, -0.2) is 0 Å². The molecule has 0 atom stereocenters. The zero-order chi connectivity index (χ0) is 14.1. The number of ketones is 1. The zero-order valence-electron chi connectivity index (χ0n) is 10.9. The molecule has 20 heavy (non-hydrogen) atoms. The fourth-order valence-electron chi connectivity index (χ4n) is 2.63. The number of amides is 1. The van der Waals surface area contributed by atoms with Crippen LogP contribution in [0.2, 0.25) is 5.02 Å². The molecule has 0 aromatic heterocycles. The van der Waals surface area contributed by atoms with Crippen LogP contribution in [0.15, 0.2) is 47.7 Å². The minimum atomic E-state index is -0.393. The van der Waals surface area contributed by atoms with Crippen LogP contribution < -0.4 is 0 Å². The van der Waals surface area contributed by atoms with Crippen molar-refractivity contribution in [3.05, 3.63) is 58.3 Å². The lowest BCUT2D eigenvalue weighted by atomic mass is 10.0. The summed E-state index contributed by atoms with van der Waals surface area (Å²) in [5, 5.41) is 0.698. The van der Waals surface area contributed by atoms with Gasteiger partial charge < -0.3 is 4.90 Å². The summed E-state index contributed by atoms with van der Waals surface area (Å²) in [6.07, 6.45) is 6.10. The third-order valence-corrected chi connectivity index (χ3v) is 3.94. The monoisotopic (exact) mass is 287 g/mol. The molecule has 0 saturated carbocycles. The van der Waals surface area contributed by atoms with E-state index in [1.807, 2.05) is 30.3 Å². The van der Waals surface area contributed by atoms with Crippen molar-refractivity contribution in [1.29, 1.82) is 0 Å². The molecule has 2 aliphatic rings. The summed E-state index contributed by atoms with van der Waals surface area (Å²) in [7, 11) is 0. The first-order valence-corrected chi connectivity index (χ1v) is 7.05. The van der Waals surface area contributed by atoms with E-state index >= 15 is 0 Å². The minimum Gasteiger partial charge on any atom is -0.308 e. The number of carbonyl (C=O) groups is 2. The summed E-state index contributed by atoms with van der Waals surface area (Å²) in [6.45, 7) is 0.541. The molecule has 0 radical (unpaired) electrons. The van der Waals surface area contributed by atoms with Crippen molar-refractivity contribution in [1.82, 2.24) is 4.90 Å². The van der Waals surface area contributed by atoms with E-state index in [9.17, 15) is 9.59 Å². The molecule has 3 rings (SSSR count). The molecule has 1 aliphatic carbocycles. The van der Waals surface area contributed by atoms with Crippen LogP contribution in [-0.4, -0.2) is 23.1 Å². The van der Waals surface area contributed by atoms with Crippen LogP contribution >= 0.6 is 11.6 Å². The van der Waals surface area contributed by atoms with Gasteiger partial charge in [0.05, 0.1) is 0 Å². The third kappa shape index (κ3) is 2.29. The highest BCUT2D eigenvalue weighted by atomic mass is 35.5. The van der Waals surface area contributed by atoms with Crippen molar-refractivity contribution in [2.24, 2.45) is 0 Å². The van der Waals surface area contributed by atoms with Crippen molar-refractivity contribution >= 4 is 23.3 Å². The standard InChI is InChI=1S/C16H14ClNO2/c17-12-7-5-11(6-8-12)9-10-18-14-4-2-1-3-13(14)15(19)16(18)20/h1,3,5-8H,2,4,9-10H2. The Bertz CT molecular complexity index is 628. The van der Waals surface area contributed by atoms with Gasteiger partial charge in [-0.05, 0) is 37.0 Å². The van der Waals surface area contributed by atoms with E-state index in [2.05, 4.69) is 0 Å². The molecule has 0 saturated heterocycles. The molecule has 0 N–H and O–H groups in total. The Morgan fingerprint density at radius 2 is 1.90 bits per heavy atom. The highest BCUT2D eigenvalue weighted by Crippen LogP contribution is 2.29. The zero-order valence-corrected chi connectivity index (χ0v) is 11.7. The van der Waals surface area contributed by atoms with Crippen molar-refractivity contribution in [2.75, 3.05) is 6.54 Å². The molecule has 1 amide bonds. The summed E-state index contributed by atoms with van der Waals surface area (Å²) >= 11 is 5.85. The lowest BCUT2D eigenvalue weighted by molar-refractivity contribution is -0.139. The maximum absolute atomic E-state index is 12.0. The Morgan fingerprint density at radius 3 is 2.65 bits per heavy atom. The minimum absolute atomic E-state index is 0.368. The number of allylic oxidation sites excluding steroid dienone is 3. The lowest BCUT2D eigenvalue weighted by Crippen LogP contribution is -2.30. The SMILES string of the molecule is O=C1C(=O)N(CCc2ccc(Cl)cc2)C2=C1C=CCC2. The smallest absolute Gasteiger partial charge is 0.299 e. The summed E-state index contributed by atoms with van der Waals surface area (Å²) in [5.41, 5.74) is 2.57. The number of hydrogen-bond acceptors (Lipinski definition) is 2. The average Bonchev–Trinajstić information content (AvgIpc) is 2.71. The Kier molecular flexibility index (Phi) is 3.45. The van der Waals surface area contributed by atoms with Crippen LogP contribution in [0.25, 0.3) is 0 Å². The molecule has 0 bridgehead atoms. The Hall–Kier alpha value is -1.87. The van der Waals surface area contributed by atoms with Crippen LogP contribution in [-0.2, 0) is 16.0 Å². The number of Topliss-reactive ketones (excluding diaryl/α,β-unsaturated/α-hetero) is 1. The van der Waals surface area contributed by atoms with E-state index in [1.54, 1.807) is 11.0 Å². The predicted molar refractivity (Wildman–Crippen MR) is 77.3 cm³/mol. The fourth-order valence-corrected chi connectivity index (χ4v) is 2.75. The summed E-state index contributed by atoms with van der Waals surface area (Å²) in [6, 6.07) is 7.56. The first-order valence-electron chi connectivity index (χ1n) is 6.67. The maximum atomic E-state index is 12.0. The third-order valence-electron chi connectivity index (χ3n) is 3.69. The van der Waals surface area contributed by atoms with Crippen molar-refractivity contribution in [2.45, 2.75) is 19.3 Å². The van der Waals surface area contributed by atoms with Gasteiger partial charge in [-0.15, -0.1) is 0 Å². The van der Waals surface area contributed by atoms with Crippen LogP contribution in [0.3, 0.4) is 0 Å². The normalized spacial score (nSPS) is 17.9. The molecule has 102 valence electrons. The van der Waals surface area contributed by atoms with Gasteiger partial charge in [0.2, 0.25) is 0 Å². The van der Waals surface area contributed by atoms with Crippen LogP contribution in [0.5, 0.6) is 0 Å². The Morgan fingerprint density at radius 1 is 1.15 bits per heavy atom. The second-order valence-electron chi connectivity index (χ2n) is 4.96. The number of benzene rings is 1. The van der Waals surface area contributed by atoms with E-state index in [1.165, 1.54) is 0 Å². The summed E-state index contributed by atoms with van der Waals surface area (Å²) in [5.74, 6) is -0.762. The number of rotatable bonds is 3. The van der Waals surface area contributed by atoms with Crippen LogP contribution in [0.4, 0.5) is 0 Å². The van der Waals surface area contributed by atoms with Crippen molar-refractivity contribution in [3.63, 3.8) is 0 Å². The van der Waals surface area contributed by atoms with Crippen LogP contribution in [0, 0.1) is 0 Å². The molecule has 0 unspecified atom stereocenters. The highest BCUT2D eigenvalue weighted by Gasteiger charge is 2.37. The van der Waals surface area contributed by atoms with Gasteiger partial charge >= 0.3 is 0 Å². The summed E-state index contributed by atoms with van der Waals surface area (Å²) in [4.78, 5) is 25.5. The Balaban J connectivity index is 1.75. The average molecular weight is 288 g/mol. The largest absolute Gasteiger partial charge is 0.308 e. The number of halogens is 1. The van der Waals surface area contributed by atoms with E-state index in [0.29, 0.717) is 17.1 Å². The molecule has 1 aromatic carbocycles. The molecule has 0 fully saturated rings. The molecular weight excluding hydrogens is 274 g/mol. The highest BCUT2D eigenvalue weighted by molar-refractivity contribution is 6.46. The quantitative estimate of drug-likeness (QED) is 0.802. The van der Waals surface area contributed by atoms with Gasteiger partial charge in [0.1, 0.15) is 0 Å². The number of carbonyl (C=O) groups excluding carboxylic acids is 2. The molecule has 0 spiro atoms. The van der Waals surface area contributed by atoms with Gasteiger partial charge in [0, 0.05) is 22.8 Å². The van der Waals surface area contributed by atoms with E-state index in [-0.39, 0.29) is 5.78 Å². The van der Waals surface area contributed by atoms with Crippen molar-refractivity contribution in [3.8, 4) is 0 Å². The maximum Gasteiger partial charge on any atom is 0.299 e. The fraction of sp³-hybridized carbons (Fsp3) is 0.250. The van der Waals surface area contributed by atoms with Gasteiger partial charge in [-0.3, -0.25) is 9.59 Å². The number of nitrogens with zero attached hydrogens (tertiary/aromatic N) is 1. The molecule has 4 heteroatoms. The van der Waals surface area contributed by atoms with E-state index in [0.717, 1.165) is 30.5 Å². The molecular formula is C16H14ClNO2. The first kappa shape index (κ1) is 13.1. The molecule has 1 aliphatic heterocycles.